The van der Waals surface area contributed by atoms with Gasteiger partial charge in [0.2, 0.25) is 10.0 Å². The average molecular weight is 452 g/mol. The molecule has 0 atom stereocenters. The van der Waals surface area contributed by atoms with Crippen molar-refractivity contribution in [1.29, 1.82) is 0 Å². The van der Waals surface area contributed by atoms with Gasteiger partial charge in [0, 0.05) is 60.6 Å². The molecular formula is C24H25N3O4S. The van der Waals surface area contributed by atoms with E-state index in [0.29, 0.717) is 38.5 Å². The molecule has 0 spiro atoms. The fourth-order valence-corrected chi connectivity index (χ4v) is 5.75. The molecule has 3 aromatic carbocycles. The van der Waals surface area contributed by atoms with Crippen LogP contribution in [0.5, 0.6) is 11.5 Å². The van der Waals surface area contributed by atoms with Crippen molar-refractivity contribution in [3.05, 3.63) is 66.2 Å². The van der Waals surface area contributed by atoms with Gasteiger partial charge in [0.05, 0.1) is 17.5 Å². The molecule has 7 nitrogen and oxygen atoms in total. The van der Waals surface area contributed by atoms with E-state index in [9.17, 15) is 13.5 Å². The maximum absolute atomic E-state index is 13.0. The van der Waals surface area contributed by atoms with Gasteiger partial charge >= 0.3 is 0 Å². The Balaban J connectivity index is 1.31. The summed E-state index contributed by atoms with van der Waals surface area (Å²) in [5.41, 5.74) is 2.79. The number of H-pyrrole nitrogens is 1. The number of aromatic hydroxyl groups is 1. The molecule has 1 aliphatic rings. The fourth-order valence-electron chi connectivity index (χ4n) is 4.32. The molecule has 8 heteroatoms. The predicted octanol–water partition coefficient (Wildman–Crippen LogP) is 3.54. The Morgan fingerprint density at radius 2 is 1.66 bits per heavy atom. The zero-order valence-electron chi connectivity index (χ0n) is 17.8. The van der Waals surface area contributed by atoms with Crippen LogP contribution in [0.2, 0.25) is 0 Å². The number of methoxy groups -OCH3 is 1. The molecule has 0 saturated carbocycles. The third-order valence-electron chi connectivity index (χ3n) is 6.13. The molecular weight excluding hydrogens is 426 g/mol. The van der Waals surface area contributed by atoms with Gasteiger partial charge in [-0.25, -0.2) is 8.42 Å². The van der Waals surface area contributed by atoms with Crippen molar-refractivity contribution < 1.29 is 18.3 Å². The lowest BCUT2D eigenvalue weighted by Gasteiger charge is -2.34. The molecule has 0 amide bonds. The van der Waals surface area contributed by atoms with Crippen LogP contribution >= 0.6 is 0 Å². The lowest BCUT2D eigenvalue weighted by atomic mass is 10.1. The summed E-state index contributed by atoms with van der Waals surface area (Å²) in [6.07, 6.45) is 0. The summed E-state index contributed by atoms with van der Waals surface area (Å²) >= 11 is 0. The van der Waals surface area contributed by atoms with E-state index in [-0.39, 0.29) is 10.6 Å². The molecule has 0 aliphatic carbocycles. The standard InChI is InChI=1S/C24H25N3O4S/c1-31-18-6-8-19(9-7-18)32(29,30)27-12-10-26(11-13-27)16-17-14-21-20-4-2-3-5-22(20)25-23(21)15-24(17)28/h2-9,14-15,25,28H,10-13,16H2,1H3. The number of para-hydroxylation sites is 1. The first-order valence-corrected chi connectivity index (χ1v) is 12.0. The number of nitrogens with zero attached hydrogens (tertiary/aromatic N) is 2. The largest absolute Gasteiger partial charge is 0.508 e. The number of nitrogens with one attached hydrogen (secondary N) is 1. The summed E-state index contributed by atoms with van der Waals surface area (Å²) in [6, 6.07) is 18.4. The topological polar surface area (TPSA) is 85.9 Å². The van der Waals surface area contributed by atoms with Crippen molar-refractivity contribution >= 4 is 31.8 Å². The van der Waals surface area contributed by atoms with E-state index in [4.69, 9.17) is 4.74 Å². The quantitative estimate of drug-likeness (QED) is 0.485. The molecule has 0 radical (unpaired) electrons. The van der Waals surface area contributed by atoms with Crippen molar-refractivity contribution in [3.8, 4) is 11.5 Å². The lowest BCUT2D eigenvalue weighted by molar-refractivity contribution is 0.180. The second kappa shape index (κ2) is 8.12. The zero-order valence-corrected chi connectivity index (χ0v) is 18.6. The summed E-state index contributed by atoms with van der Waals surface area (Å²) in [6.45, 7) is 2.58. The van der Waals surface area contributed by atoms with Crippen molar-refractivity contribution in [2.75, 3.05) is 33.3 Å². The van der Waals surface area contributed by atoms with Gasteiger partial charge in [-0.15, -0.1) is 0 Å². The molecule has 1 saturated heterocycles. The summed E-state index contributed by atoms with van der Waals surface area (Å²) in [5, 5.41) is 12.8. The first-order chi connectivity index (χ1) is 15.5. The highest BCUT2D eigenvalue weighted by atomic mass is 32.2. The van der Waals surface area contributed by atoms with Crippen LogP contribution in [0.25, 0.3) is 21.8 Å². The Morgan fingerprint density at radius 3 is 2.38 bits per heavy atom. The molecule has 2 heterocycles. The van der Waals surface area contributed by atoms with Crippen LogP contribution in [0.15, 0.2) is 65.6 Å². The Morgan fingerprint density at radius 1 is 0.938 bits per heavy atom. The van der Waals surface area contributed by atoms with Gasteiger partial charge in [-0.3, -0.25) is 4.90 Å². The van der Waals surface area contributed by atoms with Crippen LogP contribution in [-0.2, 0) is 16.6 Å². The SMILES string of the molecule is COc1ccc(S(=O)(=O)N2CCN(Cc3cc4c(cc3O)[nH]c3ccccc34)CC2)cc1. The van der Waals surface area contributed by atoms with Crippen LogP contribution in [0, 0.1) is 0 Å². The van der Waals surface area contributed by atoms with Crippen molar-refractivity contribution in [2.24, 2.45) is 0 Å². The van der Waals surface area contributed by atoms with Crippen LogP contribution < -0.4 is 4.74 Å². The molecule has 32 heavy (non-hydrogen) atoms. The van der Waals surface area contributed by atoms with Crippen molar-refractivity contribution in [2.45, 2.75) is 11.4 Å². The van der Waals surface area contributed by atoms with Crippen LogP contribution in [-0.4, -0.2) is 61.0 Å². The minimum atomic E-state index is -3.54. The number of aromatic amines is 1. The number of phenols is 1. The number of fused-ring (bicyclic) bond motifs is 3. The summed E-state index contributed by atoms with van der Waals surface area (Å²) in [7, 11) is -1.99. The zero-order chi connectivity index (χ0) is 22.3. The molecule has 166 valence electrons. The number of hydrogen-bond donors (Lipinski definition) is 2. The summed E-state index contributed by atoms with van der Waals surface area (Å²) < 4.78 is 32.6. The molecule has 4 aromatic rings. The van der Waals surface area contributed by atoms with Gasteiger partial charge < -0.3 is 14.8 Å². The Labute approximate surface area is 186 Å². The number of phenolic OH excluding ortho intramolecular Hbond substituents is 1. The number of ether oxygens (including phenoxy) is 1. The minimum Gasteiger partial charge on any atom is -0.508 e. The normalized spacial score (nSPS) is 16.0. The number of piperazine rings is 1. The third kappa shape index (κ3) is 3.70. The Bertz CT molecular complexity index is 1370. The van der Waals surface area contributed by atoms with E-state index in [2.05, 4.69) is 16.0 Å². The van der Waals surface area contributed by atoms with Crippen LogP contribution in [0.1, 0.15) is 5.56 Å². The van der Waals surface area contributed by atoms with Gasteiger partial charge in [0.15, 0.2) is 0 Å². The van der Waals surface area contributed by atoms with Crippen molar-refractivity contribution in [3.63, 3.8) is 0 Å². The van der Waals surface area contributed by atoms with E-state index >= 15 is 0 Å². The number of benzene rings is 3. The van der Waals surface area contributed by atoms with E-state index in [1.807, 2.05) is 24.3 Å². The maximum atomic E-state index is 13.0. The van der Waals surface area contributed by atoms with E-state index in [1.165, 1.54) is 4.31 Å². The number of hydrogen-bond acceptors (Lipinski definition) is 5. The third-order valence-corrected chi connectivity index (χ3v) is 8.04. The highest BCUT2D eigenvalue weighted by Gasteiger charge is 2.28. The fraction of sp³-hybridized carbons (Fsp3) is 0.250. The Hall–Kier alpha value is -3.07. The number of rotatable bonds is 5. The highest BCUT2D eigenvalue weighted by Crippen LogP contribution is 2.31. The average Bonchev–Trinajstić information content (AvgIpc) is 3.17. The smallest absolute Gasteiger partial charge is 0.243 e. The van der Waals surface area contributed by atoms with Crippen molar-refractivity contribution in [1.82, 2.24) is 14.2 Å². The van der Waals surface area contributed by atoms with Gasteiger partial charge in [-0.05, 0) is 36.4 Å². The van der Waals surface area contributed by atoms with E-state index in [1.54, 1.807) is 37.4 Å². The minimum absolute atomic E-state index is 0.248. The molecule has 5 rings (SSSR count). The monoisotopic (exact) mass is 451 g/mol. The van der Waals surface area contributed by atoms with Crippen LogP contribution in [0.3, 0.4) is 0 Å². The van der Waals surface area contributed by atoms with Gasteiger partial charge in [0.25, 0.3) is 0 Å². The summed E-state index contributed by atoms with van der Waals surface area (Å²) in [4.78, 5) is 5.79. The molecule has 1 aromatic heterocycles. The second-order valence-corrected chi connectivity index (χ2v) is 9.99. The molecule has 1 aliphatic heterocycles. The Kier molecular flexibility index (Phi) is 5.28. The van der Waals surface area contributed by atoms with E-state index < -0.39 is 10.0 Å². The molecule has 1 fully saturated rings. The molecule has 0 unspecified atom stereocenters. The predicted molar refractivity (Wildman–Crippen MR) is 124 cm³/mol. The van der Waals surface area contributed by atoms with Gasteiger partial charge in [-0.2, -0.15) is 4.31 Å². The van der Waals surface area contributed by atoms with Gasteiger partial charge in [0.1, 0.15) is 11.5 Å². The molecule has 2 N–H and O–H groups in total. The van der Waals surface area contributed by atoms with Gasteiger partial charge in [-0.1, -0.05) is 18.2 Å². The molecule has 0 bridgehead atoms. The lowest BCUT2D eigenvalue weighted by Crippen LogP contribution is -2.48. The van der Waals surface area contributed by atoms with E-state index in [0.717, 1.165) is 27.4 Å². The summed E-state index contributed by atoms with van der Waals surface area (Å²) in [5.74, 6) is 0.873. The first-order valence-electron chi connectivity index (χ1n) is 10.5. The number of aromatic nitrogens is 1. The maximum Gasteiger partial charge on any atom is 0.243 e. The van der Waals surface area contributed by atoms with Crippen LogP contribution in [0.4, 0.5) is 0 Å². The highest BCUT2D eigenvalue weighted by molar-refractivity contribution is 7.89. The second-order valence-electron chi connectivity index (χ2n) is 8.05. The number of sulfonamides is 1. The first kappa shape index (κ1) is 20.8.